The maximum atomic E-state index is 6.59. The molecular weight excluding hydrogens is 232 g/mol. The third-order valence-corrected chi connectivity index (χ3v) is 5.24. The molecule has 1 aliphatic heterocycles. The van der Waals surface area contributed by atoms with Crippen LogP contribution in [-0.2, 0) is 23.3 Å². The van der Waals surface area contributed by atoms with Crippen molar-refractivity contribution in [2.75, 3.05) is 6.61 Å². The van der Waals surface area contributed by atoms with Crippen molar-refractivity contribution in [2.24, 2.45) is 11.7 Å². The van der Waals surface area contributed by atoms with Crippen molar-refractivity contribution in [3.05, 3.63) is 15.6 Å². The zero-order valence-electron chi connectivity index (χ0n) is 10.4. The molecule has 2 heterocycles. The number of hydrogen-bond donors (Lipinski definition) is 1. The molecule has 0 aromatic carbocycles. The fraction of sp³-hybridized carbons (Fsp3) is 0.769. The summed E-state index contributed by atoms with van der Waals surface area (Å²) < 4.78 is 5.48. The predicted molar refractivity (Wildman–Crippen MR) is 69.0 cm³/mol. The molecule has 94 valence electrons. The summed E-state index contributed by atoms with van der Waals surface area (Å²) in [7, 11) is 0. The van der Waals surface area contributed by atoms with Crippen LogP contribution in [0, 0.1) is 5.92 Å². The molecule has 1 aromatic rings. The monoisotopic (exact) mass is 252 g/mol. The molecule has 17 heavy (non-hydrogen) atoms. The number of fused-ring (bicyclic) bond motifs is 1. The Morgan fingerprint density at radius 2 is 2.41 bits per heavy atom. The molecule has 4 heteroatoms. The van der Waals surface area contributed by atoms with E-state index < -0.39 is 0 Å². The van der Waals surface area contributed by atoms with Gasteiger partial charge in [0.25, 0.3) is 0 Å². The average molecular weight is 252 g/mol. The van der Waals surface area contributed by atoms with Crippen LogP contribution in [0.15, 0.2) is 0 Å². The lowest BCUT2D eigenvalue weighted by Crippen LogP contribution is -2.40. The van der Waals surface area contributed by atoms with Crippen molar-refractivity contribution in [2.45, 2.75) is 51.2 Å². The van der Waals surface area contributed by atoms with Crippen molar-refractivity contribution >= 4 is 11.3 Å². The van der Waals surface area contributed by atoms with E-state index in [1.807, 2.05) is 0 Å². The molecule has 2 unspecified atom stereocenters. The first-order chi connectivity index (χ1) is 8.17. The summed E-state index contributed by atoms with van der Waals surface area (Å²) in [5, 5.41) is 1.15. The maximum Gasteiger partial charge on any atom is 0.113 e. The SMILES string of the molecule is CC1CCCC(N)(c2nc3c(s2)COCC3)C1. The summed E-state index contributed by atoms with van der Waals surface area (Å²) in [6, 6.07) is 0. The number of hydrogen-bond acceptors (Lipinski definition) is 4. The highest BCUT2D eigenvalue weighted by Crippen LogP contribution is 2.40. The molecule has 0 bridgehead atoms. The first-order valence-electron chi connectivity index (χ1n) is 6.53. The number of thiazole rings is 1. The van der Waals surface area contributed by atoms with Crippen LogP contribution >= 0.6 is 11.3 Å². The third kappa shape index (κ3) is 2.14. The minimum absolute atomic E-state index is 0.167. The quantitative estimate of drug-likeness (QED) is 0.835. The fourth-order valence-corrected chi connectivity index (χ4v) is 4.21. The number of ether oxygens (including phenoxy) is 1. The van der Waals surface area contributed by atoms with E-state index in [2.05, 4.69) is 6.92 Å². The number of aromatic nitrogens is 1. The van der Waals surface area contributed by atoms with Gasteiger partial charge >= 0.3 is 0 Å². The summed E-state index contributed by atoms with van der Waals surface area (Å²) in [4.78, 5) is 6.09. The molecule has 2 N–H and O–H groups in total. The zero-order valence-corrected chi connectivity index (χ0v) is 11.2. The summed E-state index contributed by atoms with van der Waals surface area (Å²) in [5.74, 6) is 0.728. The molecule has 1 fully saturated rings. The second kappa shape index (κ2) is 4.34. The molecule has 0 radical (unpaired) electrons. The maximum absolute atomic E-state index is 6.59. The van der Waals surface area contributed by atoms with Gasteiger partial charge in [0.15, 0.2) is 0 Å². The topological polar surface area (TPSA) is 48.1 Å². The van der Waals surface area contributed by atoms with Gasteiger partial charge in [-0.25, -0.2) is 4.98 Å². The summed E-state index contributed by atoms with van der Waals surface area (Å²) in [6.45, 7) is 3.85. The highest BCUT2D eigenvalue weighted by atomic mass is 32.1. The van der Waals surface area contributed by atoms with E-state index in [9.17, 15) is 0 Å². The normalized spacial score (nSPS) is 33.4. The van der Waals surface area contributed by atoms with Gasteiger partial charge in [-0.15, -0.1) is 11.3 Å². The van der Waals surface area contributed by atoms with Gasteiger partial charge in [-0.1, -0.05) is 19.8 Å². The van der Waals surface area contributed by atoms with Crippen molar-refractivity contribution in [1.82, 2.24) is 4.98 Å². The van der Waals surface area contributed by atoms with E-state index in [0.29, 0.717) is 0 Å². The second-order valence-corrected chi connectivity index (χ2v) is 6.63. The Morgan fingerprint density at radius 3 is 3.18 bits per heavy atom. The lowest BCUT2D eigenvalue weighted by atomic mass is 9.77. The van der Waals surface area contributed by atoms with Crippen molar-refractivity contribution in [3.8, 4) is 0 Å². The first kappa shape index (κ1) is 11.6. The van der Waals surface area contributed by atoms with Crippen LogP contribution in [0.1, 0.15) is 48.2 Å². The summed E-state index contributed by atoms with van der Waals surface area (Å²) in [5.41, 5.74) is 7.66. The molecule has 1 aromatic heterocycles. The van der Waals surface area contributed by atoms with Crippen LogP contribution < -0.4 is 5.73 Å². The Bertz CT molecular complexity index is 394. The molecule has 0 spiro atoms. The van der Waals surface area contributed by atoms with E-state index in [-0.39, 0.29) is 5.54 Å². The highest BCUT2D eigenvalue weighted by molar-refractivity contribution is 7.11. The third-order valence-electron chi connectivity index (χ3n) is 3.95. The summed E-state index contributed by atoms with van der Waals surface area (Å²) in [6.07, 6.45) is 5.67. The second-order valence-electron chi connectivity index (χ2n) is 5.55. The first-order valence-corrected chi connectivity index (χ1v) is 7.35. The molecule has 1 aliphatic carbocycles. The number of nitrogens with zero attached hydrogens (tertiary/aromatic N) is 1. The predicted octanol–water partition coefficient (Wildman–Crippen LogP) is 2.58. The van der Waals surface area contributed by atoms with E-state index in [0.717, 1.165) is 43.4 Å². The highest BCUT2D eigenvalue weighted by Gasteiger charge is 2.36. The van der Waals surface area contributed by atoms with Crippen LogP contribution in [0.3, 0.4) is 0 Å². The molecule has 1 saturated carbocycles. The Morgan fingerprint density at radius 1 is 1.53 bits per heavy atom. The van der Waals surface area contributed by atoms with Crippen LogP contribution in [-0.4, -0.2) is 11.6 Å². The van der Waals surface area contributed by atoms with Gasteiger partial charge in [0.1, 0.15) is 5.01 Å². The van der Waals surface area contributed by atoms with Gasteiger partial charge in [-0.3, -0.25) is 0 Å². The Labute approximate surface area is 106 Å². The summed E-state index contributed by atoms with van der Waals surface area (Å²) >= 11 is 1.78. The van der Waals surface area contributed by atoms with Crippen molar-refractivity contribution < 1.29 is 4.74 Å². The Kier molecular flexibility index (Phi) is 2.97. The number of nitrogens with two attached hydrogens (primary N) is 1. The van der Waals surface area contributed by atoms with Crippen molar-refractivity contribution in [3.63, 3.8) is 0 Å². The molecule has 0 saturated heterocycles. The molecular formula is C13H20N2OS. The molecule has 2 atom stereocenters. The zero-order chi connectivity index (χ0) is 11.9. The van der Waals surface area contributed by atoms with Crippen LogP contribution in [0.2, 0.25) is 0 Å². The van der Waals surface area contributed by atoms with Crippen LogP contribution in [0.25, 0.3) is 0 Å². The minimum atomic E-state index is -0.167. The fourth-order valence-electron chi connectivity index (χ4n) is 3.02. The lowest BCUT2D eigenvalue weighted by molar-refractivity contribution is 0.112. The standard InChI is InChI=1S/C13H20N2OS/c1-9-3-2-5-13(14,7-9)12-15-10-4-6-16-8-11(10)17-12/h9H,2-8,14H2,1H3. The van der Waals surface area contributed by atoms with Crippen LogP contribution in [0.4, 0.5) is 0 Å². The van der Waals surface area contributed by atoms with Gasteiger partial charge in [0.05, 0.1) is 29.3 Å². The van der Waals surface area contributed by atoms with Gasteiger partial charge in [0, 0.05) is 6.42 Å². The van der Waals surface area contributed by atoms with E-state index in [1.54, 1.807) is 11.3 Å². The van der Waals surface area contributed by atoms with E-state index >= 15 is 0 Å². The van der Waals surface area contributed by atoms with Crippen LogP contribution in [0.5, 0.6) is 0 Å². The van der Waals surface area contributed by atoms with E-state index in [4.69, 9.17) is 15.5 Å². The lowest BCUT2D eigenvalue weighted by Gasteiger charge is -2.35. The van der Waals surface area contributed by atoms with Gasteiger partial charge in [-0.05, 0) is 18.8 Å². The smallest absolute Gasteiger partial charge is 0.113 e. The minimum Gasteiger partial charge on any atom is -0.375 e. The number of rotatable bonds is 1. The van der Waals surface area contributed by atoms with Gasteiger partial charge in [-0.2, -0.15) is 0 Å². The Hall–Kier alpha value is -0.450. The largest absolute Gasteiger partial charge is 0.375 e. The van der Waals surface area contributed by atoms with Gasteiger partial charge in [0.2, 0.25) is 0 Å². The van der Waals surface area contributed by atoms with Gasteiger partial charge < -0.3 is 10.5 Å². The van der Waals surface area contributed by atoms with E-state index in [1.165, 1.54) is 23.4 Å². The molecule has 2 aliphatic rings. The van der Waals surface area contributed by atoms with Crippen molar-refractivity contribution in [1.29, 1.82) is 0 Å². The molecule has 3 nitrogen and oxygen atoms in total. The average Bonchev–Trinajstić information content (AvgIpc) is 2.73. The molecule has 0 amide bonds. The molecule has 3 rings (SSSR count). The Balaban J connectivity index is 1.89.